The Morgan fingerprint density at radius 3 is 2.67 bits per heavy atom. The molecular weight excluding hydrogens is 324 g/mol. The van der Waals surface area contributed by atoms with Crippen molar-refractivity contribution in [2.45, 2.75) is 6.04 Å². The molecule has 15 heavy (non-hydrogen) atoms. The van der Waals surface area contributed by atoms with E-state index >= 15 is 0 Å². The first-order valence-corrected chi connectivity index (χ1v) is 6.22. The topological polar surface area (TPSA) is 41.1 Å². The minimum absolute atomic E-state index is 0.0270. The Bertz CT molecular complexity index is 391. The summed E-state index contributed by atoms with van der Waals surface area (Å²) in [6.45, 7) is 1.72. The minimum Gasteiger partial charge on any atom is -0.347 e. The van der Waals surface area contributed by atoms with E-state index < -0.39 is 0 Å². The molecule has 0 aromatic heterocycles. The number of carbonyl (C=O) groups is 1. The monoisotopic (exact) mass is 332 g/mol. The molecule has 5 heteroatoms. The number of carbonyl (C=O) groups excluding carboxylic acids is 1. The van der Waals surface area contributed by atoms with Crippen LogP contribution in [0.25, 0.3) is 0 Å². The van der Waals surface area contributed by atoms with Crippen LogP contribution in [0.1, 0.15) is 10.4 Å². The molecule has 0 radical (unpaired) electrons. The van der Waals surface area contributed by atoms with Gasteiger partial charge in [-0.1, -0.05) is 15.9 Å². The summed E-state index contributed by atoms with van der Waals surface area (Å²) >= 11 is 6.72. The molecule has 1 saturated heterocycles. The Balaban J connectivity index is 2.10. The first kappa shape index (κ1) is 11.1. The number of halogens is 2. The van der Waals surface area contributed by atoms with Crippen LogP contribution in [0, 0.1) is 0 Å². The summed E-state index contributed by atoms with van der Waals surface area (Å²) < 4.78 is 1.76. The maximum absolute atomic E-state index is 11.8. The first-order valence-electron chi connectivity index (χ1n) is 4.63. The van der Waals surface area contributed by atoms with Crippen LogP contribution in [-0.2, 0) is 0 Å². The number of benzene rings is 1. The second-order valence-corrected chi connectivity index (χ2v) is 5.22. The van der Waals surface area contributed by atoms with Gasteiger partial charge in [0.1, 0.15) is 0 Å². The molecule has 1 aromatic carbocycles. The van der Waals surface area contributed by atoms with Crippen LogP contribution in [0.2, 0.25) is 0 Å². The van der Waals surface area contributed by atoms with Gasteiger partial charge in [0.15, 0.2) is 0 Å². The molecule has 1 aromatic rings. The lowest BCUT2D eigenvalue weighted by molar-refractivity contribution is 0.0923. The van der Waals surface area contributed by atoms with Crippen LogP contribution >= 0.6 is 31.9 Å². The van der Waals surface area contributed by atoms with E-state index in [0.717, 1.165) is 22.0 Å². The Hall–Kier alpha value is -0.390. The van der Waals surface area contributed by atoms with E-state index in [4.69, 9.17) is 0 Å². The predicted octanol–water partition coefficient (Wildman–Crippen LogP) is 1.91. The zero-order valence-corrected chi connectivity index (χ0v) is 11.1. The summed E-state index contributed by atoms with van der Waals surface area (Å²) in [5.74, 6) is -0.0270. The van der Waals surface area contributed by atoms with Crippen molar-refractivity contribution in [3.63, 3.8) is 0 Å². The maximum atomic E-state index is 11.8. The van der Waals surface area contributed by atoms with Crippen molar-refractivity contribution in [3.05, 3.63) is 32.7 Å². The lowest BCUT2D eigenvalue weighted by Gasteiger charge is -2.28. The molecule has 1 heterocycles. The molecule has 1 aliphatic rings. The largest absolute Gasteiger partial charge is 0.347 e. The average molecular weight is 334 g/mol. The van der Waals surface area contributed by atoms with Gasteiger partial charge in [0, 0.05) is 22.0 Å². The highest BCUT2D eigenvalue weighted by atomic mass is 79.9. The molecule has 0 atom stereocenters. The lowest BCUT2D eigenvalue weighted by atomic mass is 10.1. The van der Waals surface area contributed by atoms with E-state index in [1.54, 1.807) is 6.07 Å². The lowest BCUT2D eigenvalue weighted by Crippen LogP contribution is -2.56. The van der Waals surface area contributed by atoms with Crippen LogP contribution in [-0.4, -0.2) is 25.0 Å². The number of hydrogen-bond donors (Lipinski definition) is 2. The smallest absolute Gasteiger partial charge is 0.252 e. The molecule has 2 rings (SSSR count). The molecular formula is C10H10Br2N2O. The van der Waals surface area contributed by atoms with Crippen molar-refractivity contribution in [1.82, 2.24) is 10.6 Å². The highest BCUT2D eigenvalue weighted by Crippen LogP contribution is 2.21. The van der Waals surface area contributed by atoms with Crippen molar-refractivity contribution in [1.29, 1.82) is 0 Å². The van der Waals surface area contributed by atoms with Gasteiger partial charge in [0.25, 0.3) is 5.91 Å². The zero-order chi connectivity index (χ0) is 10.8. The number of nitrogens with one attached hydrogen (secondary N) is 2. The third-order valence-electron chi connectivity index (χ3n) is 2.29. The molecule has 3 nitrogen and oxygen atoms in total. The normalized spacial score (nSPS) is 15.9. The van der Waals surface area contributed by atoms with Gasteiger partial charge in [0.05, 0.1) is 11.6 Å². The van der Waals surface area contributed by atoms with E-state index in [9.17, 15) is 4.79 Å². The van der Waals surface area contributed by atoms with Crippen LogP contribution in [0.4, 0.5) is 0 Å². The van der Waals surface area contributed by atoms with Crippen LogP contribution in [0.3, 0.4) is 0 Å². The standard InChI is InChI=1S/C10H10Br2N2O/c11-6-1-2-8(9(12)3-6)10(15)14-7-4-13-5-7/h1-3,7,13H,4-5H2,(H,14,15). The van der Waals surface area contributed by atoms with Gasteiger partial charge in [-0.05, 0) is 34.1 Å². The molecule has 1 amide bonds. The Morgan fingerprint density at radius 1 is 1.40 bits per heavy atom. The van der Waals surface area contributed by atoms with Gasteiger partial charge in [0.2, 0.25) is 0 Å². The number of amides is 1. The molecule has 80 valence electrons. The van der Waals surface area contributed by atoms with E-state index in [2.05, 4.69) is 42.5 Å². The van der Waals surface area contributed by atoms with Gasteiger partial charge in [-0.25, -0.2) is 0 Å². The maximum Gasteiger partial charge on any atom is 0.252 e. The molecule has 0 unspecified atom stereocenters. The summed E-state index contributed by atoms with van der Waals surface area (Å²) in [6.07, 6.45) is 0. The van der Waals surface area contributed by atoms with Gasteiger partial charge >= 0.3 is 0 Å². The number of rotatable bonds is 2. The fraction of sp³-hybridized carbons (Fsp3) is 0.300. The summed E-state index contributed by atoms with van der Waals surface area (Å²) in [4.78, 5) is 11.8. The van der Waals surface area contributed by atoms with E-state index in [0.29, 0.717) is 5.56 Å². The summed E-state index contributed by atoms with van der Waals surface area (Å²) in [6, 6.07) is 5.80. The molecule has 0 aliphatic carbocycles. The minimum atomic E-state index is -0.0270. The van der Waals surface area contributed by atoms with Gasteiger partial charge in [-0.3, -0.25) is 4.79 Å². The average Bonchev–Trinajstić information content (AvgIpc) is 2.11. The second kappa shape index (κ2) is 4.63. The van der Waals surface area contributed by atoms with Crippen molar-refractivity contribution >= 4 is 37.8 Å². The van der Waals surface area contributed by atoms with Gasteiger partial charge in [-0.15, -0.1) is 0 Å². The SMILES string of the molecule is O=C(NC1CNC1)c1ccc(Br)cc1Br. The van der Waals surface area contributed by atoms with Crippen LogP contribution < -0.4 is 10.6 Å². The first-order chi connectivity index (χ1) is 7.16. The van der Waals surface area contributed by atoms with Crippen LogP contribution in [0.5, 0.6) is 0 Å². The van der Waals surface area contributed by atoms with Crippen molar-refractivity contribution in [2.75, 3.05) is 13.1 Å². The Labute approximate surface area is 105 Å². The Morgan fingerprint density at radius 2 is 2.13 bits per heavy atom. The molecule has 2 N–H and O–H groups in total. The molecule has 1 fully saturated rings. The summed E-state index contributed by atoms with van der Waals surface area (Å²) in [5.41, 5.74) is 0.671. The number of hydrogen-bond acceptors (Lipinski definition) is 2. The quantitative estimate of drug-likeness (QED) is 0.868. The van der Waals surface area contributed by atoms with Crippen molar-refractivity contribution < 1.29 is 4.79 Å². The second-order valence-electron chi connectivity index (χ2n) is 3.45. The molecule has 0 spiro atoms. The van der Waals surface area contributed by atoms with E-state index in [1.165, 1.54) is 0 Å². The fourth-order valence-corrected chi connectivity index (χ4v) is 2.55. The van der Waals surface area contributed by atoms with Gasteiger partial charge < -0.3 is 10.6 Å². The van der Waals surface area contributed by atoms with Crippen molar-refractivity contribution in [2.24, 2.45) is 0 Å². The van der Waals surface area contributed by atoms with Crippen molar-refractivity contribution in [3.8, 4) is 0 Å². The highest BCUT2D eigenvalue weighted by Gasteiger charge is 2.20. The highest BCUT2D eigenvalue weighted by molar-refractivity contribution is 9.11. The van der Waals surface area contributed by atoms with E-state index in [1.807, 2.05) is 12.1 Å². The van der Waals surface area contributed by atoms with Gasteiger partial charge in [-0.2, -0.15) is 0 Å². The van der Waals surface area contributed by atoms with E-state index in [-0.39, 0.29) is 11.9 Å². The molecule has 0 bridgehead atoms. The van der Waals surface area contributed by atoms with Crippen LogP contribution in [0.15, 0.2) is 27.1 Å². The predicted molar refractivity (Wildman–Crippen MR) is 66.0 cm³/mol. The Kier molecular flexibility index (Phi) is 3.43. The summed E-state index contributed by atoms with van der Waals surface area (Å²) in [7, 11) is 0. The zero-order valence-electron chi connectivity index (χ0n) is 7.89. The third kappa shape index (κ3) is 2.59. The molecule has 1 aliphatic heterocycles. The third-order valence-corrected chi connectivity index (χ3v) is 3.44. The summed E-state index contributed by atoms with van der Waals surface area (Å²) in [5, 5.41) is 6.05. The molecule has 0 saturated carbocycles. The fourth-order valence-electron chi connectivity index (χ4n) is 1.33.